The molecule has 3 nitrogen and oxygen atoms in total. The molecule has 0 amide bonds. The van der Waals surface area contributed by atoms with Crippen molar-refractivity contribution < 1.29 is 5.11 Å². The number of aliphatic hydroxyl groups is 1. The second-order valence-electron chi connectivity index (χ2n) is 6.05. The molecule has 0 radical (unpaired) electrons. The Morgan fingerprint density at radius 2 is 1.88 bits per heavy atom. The summed E-state index contributed by atoms with van der Waals surface area (Å²) >= 11 is 0. The summed E-state index contributed by atoms with van der Waals surface area (Å²) in [6.45, 7) is 8.06. The van der Waals surface area contributed by atoms with Crippen LogP contribution in [0.3, 0.4) is 0 Å². The van der Waals surface area contributed by atoms with Crippen LogP contribution in [0.2, 0.25) is 0 Å². The molecular formula is C14H28N2O. The number of rotatable bonds is 4. The van der Waals surface area contributed by atoms with Crippen LogP contribution < -0.4 is 5.32 Å². The van der Waals surface area contributed by atoms with Crippen LogP contribution in [0.25, 0.3) is 0 Å². The second-order valence-corrected chi connectivity index (χ2v) is 6.05. The lowest BCUT2D eigenvalue weighted by Gasteiger charge is -2.38. The van der Waals surface area contributed by atoms with Gasteiger partial charge in [-0.05, 0) is 65.0 Å². The van der Waals surface area contributed by atoms with Crippen molar-refractivity contribution in [2.24, 2.45) is 5.92 Å². The monoisotopic (exact) mass is 240 g/mol. The van der Waals surface area contributed by atoms with E-state index in [4.69, 9.17) is 0 Å². The van der Waals surface area contributed by atoms with Crippen LogP contribution in [0.5, 0.6) is 0 Å². The van der Waals surface area contributed by atoms with Crippen molar-refractivity contribution in [3.8, 4) is 0 Å². The molecular weight excluding hydrogens is 212 g/mol. The molecule has 1 saturated heterocycles. The third-order valence-electron chi connectivity index (χ3n) is 4.46. The maximum atomic E-state index is 10.1. The zero-order valence-corrected chi connectivity index (χ0v) is 11.4. The molecule has 1 aliphatic heterocycles. The normalized spacial score (nSPS) is 31.6. The predicted molar refractivity (Wildman–Crippen MR) is 71.1 cm³/mol. The van der Waals surface area contributed by atoms with Gasteiger partial charge in [0.1, 0.15) is 0 Å². The van der Waals surface area contributed by atoms with E-state index >= 15 is 0 Å². The van der Waals surface area contributed by atoms with Gasteiger partial charge in [0.15, 0.2) is 0 Å². The Morgan fingerprint density at radius 3 is 2.41 bits per heavy atom. The fourth-order valence-corrected chi connectivity index (χ4v) is 3.40. The van der Waals surface area contributed by atoms with Gasteiger partial charge in [0, 0.05) is 18.6 Å². The van der Waals surface area contributed by atoms with E-state index in [-0.39, 0.29) is 6.10 Å². The van der Waals surface area contributed by atoms with Crippen LogP contribution in [0.15, 0.2) is 0 Å². The van der Waals surface area contributed by atoms with Crippen LogP contribution in [0.4, 0.5) is 0 Å². The van der Waals surface area contributed by atoms with Gasteiger partial charge in [-0.25, -0.2) is 0 Å². The van der Waals surface area contributed by atoms with Crippen molar-refractivity contribution in [1.29, 1.82) is 0 Å². The van der Waals surface area contributed by atoms with Crippen LogP contribution in [-0.2, 0) is 0 Å². The summed E-state index contributed by atoms with van der Waals surface area (Å²) in [5.74, 6) is 0.825. The quantitative estimate of drug-likeness (QED) is 0.783. The van der Waals surface area contributed by atoms with Gasteiger partial charge in [0.2, 0.25) is 0 Å². The van der Waals surface area contributed by atoms with Gasteiger partial charge in [0.05, 0.1) is 6.10 Å². The van der Waals surface area contributed by atoms with E-state index in [0.717, 1.165) is 12.3 Å². The lowest BCUT2D eigenvalue weighted by Crippen LogP contribution is -2.48. The largest absolute Gasteiger partial charge is 0.391 e. The highest BCUT2D eigenvalue weighted by atomic mass is 16.3. The molecule has 1 saturated carbocycles. The second kappa shape index (κ2) is 6.17. The zero-order valence-electron chi connectivity index (χ0n) is 11.4. The smallest absolute Gasteiger partial charge is 0.0695 e. The van der Waals surface area contributed by atoms with Gasteiger partial charge in [-0.1, -0.05) is 0 Å². The number of hydrogen-bond donors (Lipinski definition) is 2. The molecule has 2 N–H and O–H groups in total. The van der Waals surface area contributed by atoms with Crippen LogP contribution >= 0.6 is 0 Å². The third kappa shape index (κ3) is 3.43. The van der Waals surface area contributed by atoms with E-state index in [2.05, 4.69) is 24.1 Å². The first kappa shape index (κ1) is 13.3. The van der Waals surface area contributed by atoms with Crippen molar-refractivity contribution in [2.45, 2.75) is 64.1 Å². The summed E-state index contributed by atoms with van der Waals surface area (Å²) in [5.41, 5.74) is 0. The fraction of sp³-hybridized carbons (Fsp3) is 1.00. The highest BCUT2D eigenvalue weighted by molar-refractivity contribution is 4.88. The Bertz CT molecular complexity index is 226. The van der Waals surface area contributed by atoms with E-state index < -0.39 is 0 Å². The van der Waals surface area contributed by atoms with Crippen LogP contribution in [0.1, 0.15) is 46.0 Å². The first-order valence-corrected chi connectivity index (χ1v) is 7.33. The van der Waals surface area contributed by atoms with Crippen molar-refractivity contribution >= 4 is 0 Å². The SMILES string of the molecule is CC(C)N(CC1CCNCC1)C1CCCC1O. The van der Waals surface area contributed by atoms with E-state index in [9.17, 15) is 5.11 Å². The molecule has 2 rings (SSSR count). The van der Waals surface area contributed by atoms with Crippen molar-refractivity contribution in [1.82, 2.24) is 10.2 Å². The minimum absolute atomic E-state index is 0.0842. The lowest BCUT2D eigenvalue weighted by atomic mass is 9.95. The first-order valence-electron chi connectivity index (χ1n) is 7.33. The third-order valence-corrected chi connectivity index (χ3v) is 4.46. The zero-order chi connectivity index (χ0) is 12.3. The Morgan fingerprint density at radius 1 is 1.18 bits per heavy atom. The highest BCUT2D eigenvalue weighted by Gasteiger charge is 2.33. The van der Waals surface area contributed by atoms with Gasteiger partial charge in [-0.15, -0.1) is 0 Å². The van der Waals surface area contributed by atoms with Gasteiger partial charge in [-0.2, -0.15) is 0 Å². The number of aliphatic hydroxyl groups excluding tert-OH is 1. The molecule has 0 spiro atoms. The summed E-state index contributed by atoms with van der Waals surface area (Å²) in [6.07, 6.45) is 5.89. The lowest BCUT2D eigenvalue weighted by molar-refractivity contribution is 0.0376. The fourth-order valence-electron chi connectivity index (χ4n) is 3.40. The van der Waals surface area contributed by atoms with E-state index in [0.29, 0.717) is 12.1 Å². The Labute approximate surface area is 106 Å². The maximum Gasteiger partial charge on any atom is 0.0695 e. The summed E-state index contributed by atoms with van der Waals surface area (Å²) in [4.78, 5) is 2.56. The van der Waals surface area contributed by atoms with E-state index in [1.807, 2.05) is 0 Å². The molecule has 2 unspecified atom stereocenters. The molecule has 2 fully saturated rings. The molecule has 1 heterocycles. The molecule has 0 aromatic rings. The Hall–Kier alpha value is -0.120. The average molecular weight is 240 g/mol. The molecule has 0 aromatic carbocycles. The van der Waals surface area contributed by atoms with Crippen molar-refractivity contribution in [3.63, 3.8) is 0 Å². The molecule has 1 aliphatic carbocycles. The minimum Gasteiger partial charge on any atom is -0.391 e. The first-order chi connectivity index (χ1) is 8.18. The van der Waals surface area contributed by atoms with E-state index in [1.54, 1.807) is 0 Å². The summed E-state index contributed by atoms with van der Waals surface area (Å²) in [7, 11) is 0. The van der Waals surface area contributed by atoms with Gasteiger partial charge in [0.25, 0.3) is 0 Å². The van der Waals surface area contributed by atoms with Gasteiger partial charge >= 0.3 is 0 Å². The molecule has 2 atom stereocenters. The standard InChI is InChI=1S/C14H28N2O/c1-11(2)16(13-4-3-5-14(13)17)10-12-6-8-15-9-7-12/h11-15,17H,3-10H2,1-2H3. The average Bonchev–Trinajstić information content (AvgIpc) is 2.73. The Kier molecular flexibility index (Phi) is 4.83. The topological polar surface area (TPSA) is 35.5 Å². The molecule has 17 heavy (non-hydrogen) atoms. The Balaban J connectivity index is 1.91. The maximum absolute atomic E-state index is 10.1. The van der Waals surface area contributed by atoms with Crippen LogP contribution in [-0.4, -0.2) is 47.8 Å². The van der Waals surface area contributed by atoms with Gasteiger partial charge < -0.3 is 10.4 Å². The molecule has 0 aromatic heterocycles. The number of piperidine rings is 1. The predicted octanol–water partition coefficient (Wildman–Crippen LogP) is 1.61. The molecule has 0 bridgehead atoms. The molecule has 2 aliphatic rings. The summed E-state index contributed by atoms with van der Waals surface area (Å²) in [5, 5.41) is 13.5. The van der Waals surface area contributed by atoms with Gasteiger partial charge in [-0.3, -0.25) is 4.90 Å². The molecule has 3 heteroatoms. The molecule has 100 valence electrons. The van der Waals surface area contributed by atoms with E-state index in [1.165, 1.54) is 45.3 Å². The summed E-state index contributed by atoms with van der Waals surface area (Å²) < 4.78 is 0. The number of nitrogens with zero attached hydrogens (tertiary/aromatic N) is 1. The highest BCUT2D eigenvalue weighted by Crippen LogP contribution is 2.27. The number of hydrogen-bond acceptors (Lipinski definition) is 3. The minimum atomic E-state index is -0.0842. The van der Waals surface area contributed by atoms with Crippen LogP contribution in [0, 0.1) is 5.92 Å². The summed E-state index contributed by atoms with van der Waals surface area (Å²) in [6, 6.07) is 0.979. The number of nitrogens with one attached hydrogen (secondary N) is 1. The van der Waals surface area contributed by atoms with Crippen molar-refractivity contribution in [2.75, 3.05) is 19.6 Å². The van der Waals surface area contributed by atoms with Crippen molar-refractivity contribution in [3.05, 3.63) is 0 Å².